The number of rotatable bonds is 3. The van der Waals surface area contributed by atoms with Crippen LogP contribution in [0.4, 0.5) is 4.39 Å². The summed E-state index contributed by atoms with van der Waals surface area (Å²) in [5, 5.41) is 9.39. The fraction of sp³-hybridized carbons (Fsp3) is 0.0667. The van der Waals surface area contributed by atoms with E-state index < -0.39 is 15.7 Å². The molecule has 21 heavy (non-hydrogen) atoms. The van der Waals surface area contributed by atoms with E-state index in [1.165, 1.54) is 42.5 Å². The van der Waals surface area contributed by atoms with E-state index in [2.05, 4.69) is 0 Å². The van der Waals surface area contributed by atoms with E-state index >= 15 is 0 Å². The largest absolute Gasteiger partial charge is 0.508 e. The van der Waals surface area contributed by atoms with Crippen LogP contribution < -0.4 is 4.74 Å². The van der Waals surface area contributed by atoms with Crippen molar-refractivity contribution < 1.29 is 22.7 Å². The number of benzene rings is 2. The highest BCUT2D eigenvalue weighted by Crippen LogP contribution is 2.35. The van der Waals surface area contributed by atoms with Gasteiger partial charge >= 0.3 is 0 Å². The van der Waals surface area contributed by atoms with Gasteiger partial charge in [-0.3, -0.25) is 0 Å². The molecule has 6 heteroatoms. The van der Waals surface area contributed by atoms with Crippen molar-refractivity contribution in [3.8, 4) is 11.5 Å². The molecule has 0 aliphatic carbocycles. The van der Waals surface area contributed by atoms with Gasteiger partial charge in [0.25, 0.3) is 0 Å². The van der Waals surface area contributed by atoms with Gasteiger partial charge < -0.3 is 9.84 Å². The van der Waals surface area contributed by atoms with Crippen LogP contribution in [-0.4, -0.2) is 20.1 Å². The van der Waals surface area contributed by atoms with Crippen LogP contribution in [0.2, 0.25) is 0 Å². The lowest BCUT2D eigenvalue weighted by Gasteiger charge is -2.07. The number of hydrogen-bond donors (Lipinski definition) is 1. The summed E-state index contributed by atoms with van der Waals surface area (Å²) >= 11 is 0. The van der Waals surface area contributed by atoms with E-state index in [4.69, 9.17) is 4.74 Å². The van der Waals surface area contributed by atoms with Gasteiger partial charge in [0.05, 0.1) is 9.80 Å². The smallest absolute Gasteiger partial charge is 0.206 e. The molecule has 0 aromatic heterocycles. The first kappa shape index (κ1) is 13.6. The second kappa shape index (κ2) is 4.89. The van der Waals surface area contributed by atoms with Gasteiger partial charge in [0.2, 0.25) is 9.84 Å². The van der Waals surface area contributed by atoms with Crippen molar-refractivity contribution in [2.24, 2.45) is 0 Å². The maximum atomic E-state index is 13.0. The Labute approximate surface area is 121 Å². The topological polar surface area (TPSA) is 63.6 Å². The zero-order valence-corrected chi connectivity index (χ0v) is 11.6. The SMILES string of the molecule is O=S1(=O)C(COc2cccc(F)c2)=Cc2ccc(O)cc21. The molecule has 1 heterocycles. The first-order valence-electron chi connectivity index (χ1n) is 6.14. The van der Waals surface area contributed by atoms with Crippen molar-refractivity contribution >= 4 is 15.9 Å². The molecule has 2 aromatic rings. The molecule has 0 spiro atoms. The van der Waals surface area contributed by atoms with Gasteiger partial charge in [0.15, 0.2) is 0 Å². The van der Waals surface area contributed by atoms with Crippen LogP contribution in [0.3, 0.4) is 0 Å². The standard InChI is InChI=1S/C15H11FO4S/c16-11-2-1-3-13(7-11)20-9-14-6-10-4-5-12(17)8-15(10)21(14,18)19/h1-8,17H,9H2. The summed E-state index contributed by atoms with van der Waals surface area (Å²) in [6, 6.07) is 9.63. The summed E-state index contributed by atoms with van der Waals surface area (Å²) in [4.78, 5) is 0.132. The van der Waals surface area contributed by atoms with Crippen molar-refractivity contribution in [2.45, 2.75) is 4.90 Å². The highest BCUT2D eigenvalue weighted by molar-refractivity contribution is 7.95. The molecule has 0 radical (unpaired) electrons. The number of phenols is 1. The van der Waals surface area contributed by atoms with Crippen LogP contribution in [0.25, 0.3) is 6.08 Å². The summed E-state index contributed by atoms with van der Waals surface area (Å²) < 4.78 is 42.9. The monoisotopic (exact) mass is 306 g/mol. The highest BCUT2D eigenvalue weighted by atomic mass is 32.2. The molecular formula is C15H11FO4S. The minimum Gasteiger partial charge on any atom is -0.508 e. The van der Waals surface area contributed by atoms with E-state index in [1.54, 1.807) is 6.07 Å². The minimum atomic E-state index is -3.67. The fourth-order valence-corrected chi connectivity index (χ4v) is 3.59. The molecule has 1 aliphatic heterocycles. The second-order valence-corrected chi connectivity index (χ2v) is 6.55. The Kier molecular flexibility index (Phi) is 3.17. The molecule has 0 atom stereocenters. The van der Waals surface area contributed by atoms with Crippen molar-refractivity contribution in [1.29, 1.82) is 0 Å². The molecule has 1 N–H and O–H groups in total. The third-order valence-electron chi connectivity index (χ3n) is 3.13. The Morgan fingerprint density at radius 1 is 1.14 bits per heavy atom. The van der Waals surface area contributed by atoms with Crippen LogP contribution in [0.15, 0.2) is 52.3 Å². The summed E-state index contributed by atoms with van der Waals surface area (Å²) in [6.07, 6.45) is 1.49. The lowest BCUT2D eigenvalue weighted by atomic mass is 10.2. The third-order valence-corrected chi connectivity index (χ3v) is 4.98. The van der Waals surface area contributed by atoms with Crippen LogP contribution in [0, 0.1) is 5.82 Å². The molecule has 0 unspecified atom stereocenters. The first-order chi connectivity index (χ1) is 9.96. The van der Waals surface area contributed by atoms with E-state index in [-0.39, 0.29) is 27.9 Å². The lowest BCUT2D eigenvalue weighted by molar-refractivity contribution is 0.357. The molecule has 4 nitrogen and oxygen atoms in total. The molecule has 1 aliphatic rings. The van der Waals surface area contributed by atoms with Crippen molar-refractivity contribution in [3.63, 3.8) is 0 Å². The highest BCUT2D eigenvalue weighted by Gasteiger charge is 2.30. The van der Waals surface area contributed by atoms with Gasteiger partial charge in [-0.25, -0.2) is 12.8 Å². The molecule has 108 valence electrons. The van der Waals surface area contributed by atoms with Crippen molar-refractivity contribution in [1.82, 2.24) is 0 Å². The number of ether oxygens (including phenoxy) is 1. The summed E-state index contributed by atoms with van der Waals surface area (Å²) in [5.74, 6) is -0.313. The number of halogens is 1. The average Bonchev–Trinajstić information content (AvgIpc) is 2.68. The van der Waals surface area contributed by atoms with Crippen LogP contribution in [-0.2, 0) is 9.84 Å². The summed E-state index contributed by atoms with van der Waals surface area (Å²) in [6.45, 7) is -0.193. The maximum absolute atomic E-state index is 13.0. The van der Waals surface area contributed by atoms with Crippen molar-refractivity contribution in [3.05, 3.63) is 58.8 Å². The summed E-state index contributed by atoms with van der Waals surface area (Å²) in [7, 11) is -3.67. The molecule has 0 fully saturated rings. The van der Waals surface area contributed by atoms with Gasteiger partial charge in [0, 0.05) is 6.07 Å². The van der Waals surface area contributed by atoms with Crippen LogP contribution in [0.1, 0.15) is 5.56 Å². The molecule has 3 rings (SSSR count). The van der Waals surface area contributed by atoms with Crippen LogP contribution >= 0.6 is 0 Å². The predicted octanol–water partition coefficient (Wildman–Crippen LogP) is 2.74. The molecule has 0 bridgehead atoms. The normalized spacial score (nSPS) is 15.4. The maximum Gasteiger partial charge on any atom is 0.206 e. The zero-order valence-electron chi connectivity index (χ0n) is 10.8. The zero-order chi connectivity index (χ0) is 15.0. The Bertz CT molecular complexity index is 841. The number of fused-ring (bicyclic) bond motifs is 1. The van der Waals surface area contributed by atoms with Gasteiger partial charge in [0.1, 0.15) is 23.9 Å². The Morgan fingerprint density at radius 2 is 1.95 bits per heavy atom. The average molecular weight is 306 g/mol. The number of sulfone groups is 1. The molecule has 0 amide bonds. The molecule has 0 saturated heterocycles. The Hall–Kier alpha value is -2.34. The summed E-state index contributed by atoms with van der Waals surface area (Å²) in [5.41, 5.74) is 0.505. The molecular weight excluding hydrogens is 295 g/mol. The van der Waals surface area contributed by atoms with Gasteiger partial charge in [-0.15, -0.1) is 0 Å². The minimum absolute atomic E-state index is 0.0559. The third kappa shape index (κ3) is 2.50. The lowest BCUT2D eigenvalue weighted by Crippen LogP contribution is -2.09. The van der Waals surface area contributed by atoms with Gasteiger partial charge in [-0.1, -0.05) is 6.07 Å². The number of hydrogen-bond acceptors (Lipinski definition) is 4. The molecule has 2 aromatic carbocycles. The van der Waals surface area contributed by atoms with Crippen LogP contribution in [0.5, 0.6) is 11.5 Å². The van der Waals surface area contributed by atoms with E-state index in [9.17, 15) is 17.9 Å². The number of aromatic hydroxyl groups is 1. The Morgan fingerprint density at radius 3 is 2.71 bits per heavy atom. The van der Waals surface area contributed by atoms with E-state index in [1.807, 2.05) is 0 Å². The number of phenolic OH excluding ortho intramolecular Hbond substituents is 1. The first-order valence-corrected chi connectivity index (χ1v) is 7.62. The molecule has 0 saturated carbocycles. The Balaban J connectivity index is 1.85. The van der Waals surface area contributed by atoms with E-state index in [0.717, 1.165) is 0 Å². The second-order valence-electron chi connectivity index (χ2n) is 4.58. The van der Waals surface area contributed by atoms with Gasteiger partial charge in [-0.05, 0) is 42.0 Å². The predicted molar refractivity (Wildman–Crippen MR) is 75.2 cm³/mol. The van der Waals surface area contributed by atoms with E-state index in [0.29, 0.717) is 5.56 Å². The van der Waals surface area contributed by atoms with Crippen molar-refractivity contribution in [2.75, 3.05) is 6.61 Å². The fourth-order valence-electron chi connectivity index (χ4n) is 2.10. The quantitative estimate of drug-likeness (QED) is 0.947. The van der Waals surface area contributed by atoms with Gasteiger partial charge in [-0.2, -0.15) is 0 Å².